The maximum atomic E-state index is 13.2. The van der Waals surface area contributed by atoms with Gasteiger partial charge in [0.05, 0.1) is 6.61 Å². The Bertz CT molecular complexity index is 1410. The van der Waals surface area contributed by atoms with E-state index in [0.717, 1.165) is 57.8 Å². The molecule has 0 amide bonds. The average molecular weight is 1150 g/mol. The molecule has 6 unspecified atom stereocenters. The van der Waals surface area contributed by atoms with E-state index in [1.54, 1.807) is 0 Å². The van der Waals surface area contributed by atoms with E-state index in [1.807, 2.05) is 0 Å². The van der Waals surface area contributed by atoms with Gasteiger partial charge in [-0.15, -0.1) is 0 Å². The lowest BCUT2D eigenvalue weighted by atomic mass is 9.98. The summed E-state index contributed by atoms with van der Waals surface area (Å²) in [7, 11) is 0. The Hall–Kier alpha value is -2.28. The molecule has 12 heteroatoms. The summed E-state index contributed by atoms with van der Waals surface area (Å²) in [4.78, 5) is 51.4. The van der Waals surface area contributed by atoms with E-state index < -0.39 is 67.3 Å². The SMILES string of the molecule is CCCCCCCCCCCCCCCCCCCCCC(=O)OCC(COC1OC(C(=O)O)C(O)C(O)C1OC(=O)CCCCCCCCCCCCCCC)OC(=O)CCCCCCCCCCCCCCCCCCCCC. The van der Waals surface area contributed by atoms with E-state index >= 15 is 0 Å². The number of aliphatic hydroxyl groups is 2. The molecular weight excluding hydrogens is 1020 g/mol. The van der Waals surface area contributed by atoms with E-state index in [9.17, 15) is 34.5 Å². The van der Waals surface area contributed by atoms with Gasteiger partial charge in [0.2, 0.25) is 0 Å². The standard InChI is InChI=1S/C69H130O12/c1-4-7-10-13-16-19-22-25-27-29-31-33-35-38-40-43-46-49-52-55-61(70)77-58-60(79-62(71)56-53-50-47-44-42-39-36-34-32-30-28-26-23-20-17-14-11-8-5-2)59-78-69-67(65(74)64(73)66(81-69)68(75)76)80-63(72)57-54-51-48-45-41-37-24-21-18-15-12-9-6-3/h60,64-67,69,73-74H,4-59H2,1-3H3,(H,75,76). The molecular formula is C69H130O12. The molecule has 1 aliphatic heterocycles. The first kappa shape index (κ1) is 76.7. The molecule has 478 valence electrons. The van der Waals surface area contributed by atoms with Crippen LogP contribution in [-0.4, -0.2) is 89.2 Å². The van der Waals surface area contributed by atoms with Crippen molar-refractivity contribution in [3.05, 3.63) is 0 Å². The number of rotatable bonds is 62. The number of esters is 3. The third kappa shape index (κ3) is 47.6. The van der Waals surface area contributed by atoms with Gasteiger partial charge >= 0.3 is 23.9 Å². The molecule has 0 bridgehead atoms. The highest BCUT2D eigenvalue weighted by molar-refractivity contribution is 5.74. The highest BCUT2D eigenvalue weighted by Crippen LogP contribution is 2.27. The number of carbonyl (C=O) groups excluding carboxylic acids is 3. The van der Waals surface area contributed by atoms with Crippen molar-refractivity contribution in [2.75, 3.05) is 13.2 Å². The second kappa shape index (κ2) is 58.1. The minimum atomic E-state index is -1.89. The Labute approximate surface area is 497 Å². The van der Waals surface area contributed by atoms with E-state index in [2.05, 4.69) is 20.8 Å². The summed E-state index contributed by atoms with van der Waals surface area (Å²) < 4.78 is 28.6. The van der Waals surface area contributed by atoms with Crippen molar-refractivity contribution >= 4 is 23.9 Å². The number of ether oxygens (including phenoxy) is 5. The van der Waals surface area contributed by atoms with Crippen molar-refractivity contribution in [2.24, 2.45) is 0 Å². The first-order valence-corrected chi connectivity index (χ1v) is 35.0. The van der Waals surface area contributed by atoms with E-state index in [-0.39, 0.29) is 25.9 Å². The molecule has 1 fully saturated rings. The second-order valence-electron chi connectivity index (χ2n) is 24.5. The van der Waals surface area contributed by atoms with Gasteiger partial charge in [-0.25, -0.2) is 4.79 Å². The number of carbonyl (C=O) groups is 4. The number of aliphatic carboxylic acids is 1. The van der Waals surface area contributed by atoms with Crippen molar-refractivity contribution in [3.8, 4) is 0 Å². The number of hydrogen-bond acceptors (Lipinski definition) is 11. The summed E-state index contributed by atoms with van der Waals surface area (Å²) in [6.45, 7) is 6.08. The highest BCUT2D eigenvalue weighted by atomic mass is 16.7. The fraction of sp³-hybridized carbons (Fsp3) is 0.942. The van der Waals surface area contributed by atoms with Gasteiger partial charge in [-0.3, -0.25) is 14.4 Å². The predicted molar refractivity (Wildman–Crippen MR) is 331 cm³/mol. The van der Waals surface area contributed by atoms with E-state index in [4.69, 9.17) is 23.7 Å². The Kier molecular flexibility index (Phi) is 55.1. The van der Waals surface area contributed by atoms with Gasteiger partial charge in [0, 0.05) is 19.3 Å². The van der Waals surface area contributed by atoms with Crippen molar-refractivity contribution in [3.63, 3.8) is 0 Å². The smallest absolute Gasteiger partial charge is 0.335 e. The van der Waals surface area contributed by atoms with Crippen molar-refractivity contribution in [1.82, 2.24) is 0 Å². The van der Waals surface area contributed by atoms with Gasteiger partial charge in [-0.2, -0.15) is 0 Å². The Morgan fingerprint density at radius 3 is 0.926 bits per heavy atom. The van der Waals surface area contributed by atoms with Crippen molar-refractivity contribution in [1.29, 1.82) is 0 Å². The van der Waals surface area contributed by atoms with Gasteiger partial charge in [0.25, 0.3) is 0 Å². The van der Waals surface area contributed by atoms with Gasteiger partial charge in [-0.1, -0.05) is 329 Å². The number of aliphatic hydroxyl groups excluding tert-OH is 2. The minimum absolute atomic E-state index is 0.0708. The molecule has 3 N–H and O–H groups in total. The summed E-state index contributed by atoms with van der Waals surface area (Å²) in [5.41, 5.74) is 0. The number of unbranched alkanes of at least 4 members (excludes halogenated alkanes) is 48. The molecule has 1 heterocycles. The topological polar surface area (TPSA) is 175 Å². The molecule has 0 saturated carbocycles. The van der Waals surface area contributed by atoms with Gasteiger partial charge in [0.15, 0.2) is 24.6 Å². The lowest BCUT2D eigenvalue weighted by Gasteiger charge is -2.40. The maximum absolute atomic E-state index is 13.2. The monoisotopic (exact) mass is 1150 g/mol. The predicted octanol–water partition coefficient (Wildman–Crippen LogP) is 19.0. The van der Waals surface area contributed by atoms with Gasteiger partial charge < -0.3 is 39.0 Å². The van der Waals surface area contributed by atoms with Crippen LogP contribution in [0.1, 0.15) is 367 Å². The quantitative estimate of drug-likeness (QED) is 0.0299. The van der Waals surface area contributed by atoms with E-state index in [1.165, 1.54) is 250 Å². The molecule has 81 heavy (non-hydrogen) atoms. The first-order valence-electron chi connectivity index (χ1n) is 35.0. The zero-order valence-electron chi connectivity index (χ0n) is 53.1. The van der Waals surface area contributed by atoms with Crippen LogP contribution in [0, 0.1) is 0 Å². The minimum Gasteiger partial charge on any atom is -0.479 e. The molecule has 6 atom stereocenters. The zero-order chi connectivity index (χ0) is 58.9. The van der Waals surface area contributed by atoms with Gasteiger partial charge in [0.1, 0.15) is 18.8 Å². The molecule has 0 aromatic rings. The third-order valence-corrected chi connectivity index (χ3v) is 16.7. The molecule has 1 aliphatic rings. The van der Waals surface area contributed by atoms with Crippen LogP contribution in [0.15, 0.2) is 0 Å². The molecule has 0 aliphatic carbocycles. The Morgan fingerprint density at radius 2 is 0.630 bits per heavy atom. The Morgan fingerprint density at radius 1 is 0.358 bits per heavy atom. The summed E-state index contributed by atoms with van der Waals surface area (Å²) in [5.74, 6) is -3.06. The maximum Gasteiger partial charge on any atom is 0.335 e. The van der Waals surface area contributed by atoms with E-state index in [0.29, 0.717) is 19.3 Å². The fourth-order valence-electron chi connectivity index (χ4n) is 11.3. The lowest BCUT2D eigenvalue weighted by Crippen LogP contribution is -2.61. The van der Waals surface area contributed by atoms with Crippen LogP contribution < -0.4 is 0 Å². The van der Waals surface area contributed by atoms with Crippen LogP contribution in [-0.2, 0) is 42.9 Å². The Balaban J connectivity index is 2.59. The number of carboxylic acid groups (broad SMARTS) is 1. The first-order chi connectivity index (χ1) is 39.6. The summed E-state index contributed by atoms with van der Waals surface area (Å²) in [5, 5.41) is 31.6. The highest BCUT2D eigenvalue weighted by Gasteiger charge is 2.50. The van der Waals surface area contributed by atoms with Crippen molar-refractivity contribution < 1.29 is 58.2 Å². The summed E-state index contributed by atoms with van der Waals surface area (Å²) >= 11 is 0. The molecule has 0 aromatic heterocycles. The molecule has 0 spiro atoms. The van der Waals surface area contributed by atoms with Crippen LogP contribution in [0.3, 0.4) is 0 Å². The number of carboxylic acids is 1. The van der Waals surface area contributed by atoms with Crippen LogP contribution in [0.4, 0.5) is 0 Å². The second-order valence-corrected chi connectivity index (χ2v) is 24.5. The average Bonchev–Trinajstić information content (AvgIpc) is 3.46. The normalized spacial score (nSPS) is 17.6. The van der Waals surface area contributed by atoms with Crippen LogP contribution >= 0.6 is 0 Å². The molecule has 1 saturated heterocycles. The summed E-state index contributed by atoms with van der Waals surface area (Å²) in [6, 6.07) is 0. The zero-order valence-corrected chi connectivity index (χ0v) is 53.1. The number of hydrogen-bond donors (Lipinski definition) is 3. The molecule has 0 aromatic carbocycles. The van der Waals surface area contributed by atoms with Crippen LogP contribution in [0.5, 0.6) is 0 Å². The third-order valence-electron chi connectivity index (χ3n) is 16.7. The largest absolute Gasteiger partial charge is 0.479 e. The fourth-order valence-corrected chi connectivity index (χ4v) is 11.3. The van der Waals surface area contributed by atoms with Crippen LogP contribution in [0.25, 0.3) is 0 Å². The lowest BCUT2D eigenvalue weighted by molar-refractivity contribution is -0.301. The van der Waals surface area contributed by atoms with Crippen molar-refractivity contribution in [2.45, 2.75) is 404 Å². The van der Waals surface area contributed by atoms with Gasteiger partial charge in [-0.05, 0) is 19.3 Å². The molecule has 1 rings (SSSR count). The van der Waals surface area contributed by atoms with Crippen LogP contribution in [0.2, 0.25) is 0 Å². The summed E-state index contributed by atoms with van der Waals surface area (Å²) in [6.07, 6.45) is 53.5. The molecule has 12 nitrogen and oxygen atoms in total. The molecule has 0 radical (unpaired) electrons.